The lowest BCUT2D eigenvalue weighted by atomic mass is 10.0. The first-order chi connectivity index (χ1) is 12.9. The van der Waals surface area contributed by atoms with Crippen molar-refractivity contribution in [1.82, 2.24) is 9.55 Å². The van der Waals surface area contributed by atoms with E-state index in [4.69, 9.17) is 0 Å². The number of para-hydroxylation sites is 1. The van der Waals surface area contributed by atoms with Gasteiger partial charge in [-0.15, -0.1) is 0 Å². The van der Waals surface area contributed by atoms with Gasteiger partial charge in [0.15, 0.2) is 11.6 Å². The molecule has 3 aromatic rings. The number of phenols is 1. The van der Waals surface area contributed by atoms with Crippen LogP contribution in [0, 0.1) is 18.6 Å². The number of hydrogen-bond donors (Lipinski definition) is 1. The van der Waals surface area contributed by atoms with Crippen molar-refractivity contribution in [1.29, 1.82) is 0 Å². The summed E-state index contributed by atoms with van der Waals surface area (Å²) in [5, 5.41) is 10.2. The van der Waals surface area contributed by atoms with Gasteiger partial charge in [-0.2, -0.15) is 0 Å². The molecule has 0 aliphatic rings. The molecule has 0 aliphatic heterocycles. The molecule has 0 saturated carbocycles. The molecule has 0 amide bonds. The van der Waals surface area contributed by atoms with E-state index >= 15 is 0 Å². The summed E-state index contributed by atoms with van der Waals surface area (Å²) < 4.78 is 29.6. The molecule has 1 aromatic heterocycles. The second-order valence-corrected chi connectivity index (χ2v) is 6.36. The molecule has 1 atom stereocenters. The Morgan fingerprint density at radius 2 is 1.78 bits per heavy atom. The van der Waals surface area contributed by atoms with E-state index < -0.39 is 23.4 Å². The average Bonchev–Trinajstić information content (AvgIpc) is 2.64. The van der Waals surface area contributed by atoms with E-state index in [-0.39, 0.29) is 16.9 Å². The fourth-order valence-corrected chi connectivity index (χ4v) is 3.28. The number of phenolic OH excluding ortho intramolecular Hbond substituents is 1. The fourth-order valence-electron chi connectivity index (χ4n) is 3.28. The van der Waals surface area contributed by atoms with Gasteiger partial charge < -0.3 is 5.11 Å². The maximum absolute atomic E-state index is 14.4. The predicted molar refractivity (Wildman–Crippen MR) is 99.9 cm³/mol. The number of rotatable bonds is 4. The highest BCUT2D eigenvalue weighted by Crippen LogP contribution is 2.32. The van der Waals surface area contributed by atoms with Gasteiger partial charge in [0.1, 0.15) is 11.6 Å². The Kier molecular flexibility index (Phi) is 5.08. The van der Waals surface area contributed by atoms with E-state index in [9.17, 15) is 18.7 Å². The highest BCUT2D eigenvalue weighted by atomic mass is 19.1. The van der Waals surface area contributed by atoms with Gasteiger partial charge in [-0.25, -0.2) is 13.8 Å². The molecule has 0 spiro atoms. The van der Waals surface area contributed by atoms with Gasteiger partial charge in [-0.05, 0) is 38.5 Å². The Morgan fingerprint density at radius 1 is 1.11 bits per heavy atom. The second-order valence-electron chi connectivity index (χ2n) is 6.36. The molecule has 27 heavy (non-hydrogen) atoms. The van der Waals surface area contributed by atoms with Gasteiger partial charge in [-0.1, -0.05) is 31.2 Å². The molecule has 1 heterocycles. The van der Waals surface area contributed by atoms with Crippen LogP contribution in [0.5, 0.6) is 5.75 Å². The van der Waals surface area contributed by atoms with Gasteiger partial charge in [0, 0.05) is 16.8 Å². The monoisotopic (exact) mass is 370 g/mol. The number of aromatic nitrogens is 2. The first-order valence-corrected chi connectivity index (χ1v) is 8.71. The van der Waals surface area contributed by atoms with E-state index in [1.165, 1.54) is 22.8 Å². The SMILES string of the molecule is CCc1c(C)nc(-c2cccc(F)c2O)n(C(C)c2ccccc2F)c1=O. The average molecular weight is 370 g/mol. The highest BCUT2D eigenvalue weighted by Gasteiger charge is 2.23. The van der Waals surface area contributed by atoms with E-state index in [0.717, 1.165) is 6.07 Å². The lowest BCUT2D eigenvalue weighted by molar-refractivity contribution is 0.433. The van der Waals surface area contributed by atoms with Crippen molar-refractivity contribution in [3.05, 3.63) is 81.3 Å². The van der Waals surface area contributed by atoms with Crippen LogP contribution in [0.2, 0.25) is 0 Å². The van der Waals surface area contributed by atoms with Crippen molar-refractivity contribution in [2.75, 3.05) is 0 Å². The molecule has 0 radical (unpaired) electrons. The summed E-state index contributed by atoms with van der Waals surface area (Å²) >= 11 is 0. The van der Waals surface area contributed by atoms with E-state index in [1.807, 2.05) is 6.92 Å². The fraction of sp³-hybridized carbons (Fsp3) is 0.238. The Balaban J connectivity index is 2.36. The van der Waals surface area contributed by atoms with Crippen LogP contribution in [-0.2, 0) is 6.42 Å². The molecule has 140 valence electrons. The summed E-state index contributed by atoms with van der Waals surface area (Å²) in [5.41, 5.74) is 1.06. The molecule has 6 heteroatoms. The molecule has 0 fully saturated rings. The van der Waals surface area contributed by atoms with Gasteiger partial charge in [0.25, 0.3) is 5.56 Å². The number of hydrogen-bond acceptors (Lipinski definition) is 3. The Hall–Kier alpha value is -3.02. The maximum atomic E-state index is 14.4. The molecule has 3 rings (SSSR count). The second kappa shape index (κ2) is 7.31. The number of nitrogens with zero attached hydrogens (tertiary/aromatic N) is 2. The number of aryl methyl sites for hydroxylation is 1. The van der Waals surface area contributed by atoms with Crippen LogP contribution in [0.1, 0.15) is 36.7 Å². The molecule has 1 unspecified atom stereocenters. The third kappa shape index (κ3) is 3.23. The van der Waals surface area contributed by atoms with Crippen LogP contribution in [-0.4, -0.2) is 14.7 Å². The first-order valence-electron chi connectivity index (χ1n) is 8.71. The topological polar surface area (TPSA) is 55.1 Å². The number of aromatic hydroxyl groups is 1. The van der Waals surface area contributed by atoms with Crippen molar-refractivity contribution in [2.45, 2.75) is 33.2 Å². The van der Waals surface area contributed by atoms with Crippen LogP contribution in [0.25, 0.3) is 11.4 Å². The van der Waals surface area contributed by atoms with Gasteiger partial charge in [-0.3, -0.25) is 9.36 Å². The summed E-state index contributed by atoms with van der Waals surface area (Å²) in [6.45, 7) is 5.21. The van der Waals surface area contributed by atoms with Crippen molar-refractivity contribution in [2.24, 2.45) is 0 Å². The van der Waals surface area contributed by atoms with Crippen molar-refractivity contribution in [3.63, 3.8) is 0 Å². The minimum atomic E-state index is -0.816. The standard InChI is InChI=1S/C21H20F2N2O2/c1-4-14-12(2)24-20(16-9-7-11-18(23)19(16)26)25(21(14)27)13(3)15-8-5-6-10-17(15)22/h5-11,13,26H,4H2,1-3H3. The zero-order valence-electron chi connectivity index (χ0n) is 15.3. The minimum absolute atomic E-state index is 0.0843. The quantitative estimate of drug-likeness (QED) is 0.742. The predicted octanol–water partition coefficient (Wildman–Crippen LogP) is 4.37. The number of benzene rings is 2. The Bertz CT molecular complexity index is 1060. The van der Waals surface area contributed by atoms with E-state index in [0.29, 0.717) is 23.2 Å². The van der Waals surface area contributed by atoms with Crippen molar-refractivity contribution in [3.8, 4) is 17.1 Å². The summed E-state index contributed by atoms with van der Waals surface area (Å²) in [6.07, 6.45) is 0.455. The molecule has 4 nitrogen and oxygen atoms in total. The number of halogens is 2. The zero-order valence-corrected chi connectivity index (χ0v) is 15.3. The Labute approximate surface area is 155 Å². The largest absolute Gasteiger partial charge is 0.504 e. The summed E-state index contributed by atoms with van der Waals surface area (Å²) in [6, 6.07) is 9.49. The Morgan fingerprint density at radius 3 is 2.44 bits per heavy atom. The lowest BCUT2D eigenvalue weighted by Crippen LogP contribution is -2.31. The first kappa shape index (κ1) is 18.8. The third-order valence-corrected chi connectivity index (χ3v) is 4.74. The van der Waals surface area contributed by atoms with Crippen molar-refractivity contribution < 1.29 is 13.9 Å². The third-order valence-electron chi connectivity index (χ3n) is 4.74. The molecular formula is C21H20F2N2O2. The van der Waals surface area contributed by atoms with Crippen LogP contribution in [0.3, 0.4) is 0 Å². The smallest absolute Gasteiger partial charge is 0.257 e. The van der Waals surface area contributed by atoms with Gasteiger partial charge >= 0.3 is 0 Å². The van der Waals surface area contributed by atoms with E-state index in [1.54, 1.807) is 32.0 Å². The summed E-state index contributed by atoms with van der Waals surface area (Å²) in [5.74, 6) is -1.76. The lowest BCUT2D eigenvalue weighted by Gasteiger charge is -2.22. The van der Waals surface area contributed by atoms with Crippen molar-refractivity contribution >= 4 is 0 Å². The van der Waals surface area contributed by atoms with Crippen LogP contribution in [0.4, 0.5) is 8.78 Å². The molecular weight excluding hydrogens is 350 g/mol. The molecule has 0 aliphatic carbocycles. The van der Waals surface area contributed by atoms with Crippen LogP contribution in [0.15, 0.2) is 47.3 Å². The van der Waals surface area contributed by atoms with Crippen LogP contribution >= 0.6 is 0 Å². The summed E-state index contributed by atoms with van der Waals surface area (Å²) in [7, 11) is 0. The van der Waals surface area contributed by atoms with Gasteiger partial charge in [0.05, 0.1) is 11.6 Å². The van der Waals surface area contributed by atoms with Crippen LogP contribution < -0.4 is 5.56 Å². The highest BCUT2D eigenvalue weighted by molar-refractivity contribution is 5.65. The molecule has 1 N–H and O–H groups in total. The maximum Gasteiger partial charge on any atom is 0.257 e. The normalized spacial score (nSPS) is 12.2. The molecule has 0 saturated heterocycles. The zero-order chi connectivity index (χ0) is 19.7. The minimum Gasteiger partial charge on any atom is -0.504 e. The van der Waals surface area contributed by atoms with Gasteiger partial charge in [0.2, 0.25) is 0 Å². The van der Waals surface area contributed by atoms with E-state index in [2.05, 4.69) is 4.98 Å². The summed E-state index contributed by atoms with van der Waals surface area (Å²) in [4.78, 5) is 17.6. The molecule has 2 aromatic carbocycles. The molecule has 0 bridgehead atoms.